The minimum absolute atomic E-state index is 0.0331. The summed E-state index contributed by atoms with van der Waals surface area (Å²) in [5.41, 5.74) is -0.318. The molecule has 140 valence electrons. The zero-order chi connectivity index (χ0) is 19.6. The first-order chi connectivity index (χ1) is 12.8. The van der Waals surface area contributed by atoms with E-state index in [-0.39, 0.29) is 24.2 Å². The summed E-state index contributed by atoms with van der Waals surface area (Å²) in [6, 6.07) is 11.9. The van der Waals surface area contributed by atoms with Gasteiger partial charge >= 0.3 is 6.18 Å². The van der Waals surface area contributed by atoms with E-state index in [2.05, 4.69) is 11.8 Å². The fourth-order valence-corrected chi connectivity index (χ4v) is 2.87. The molecule has 1 heterocycles. The maximum absolute atomic E-state index is 13.5. The predicted octanol–water partition coefficient (Wildman–Crippen LogP) is 2.29. The number of alkyl halides is 3. The van der Waals surface area contributed by atoms with Crippen LogP contribution in [-0.2, 0) is 11.0 Å². The largest absolute Gasteiger partial charge is 0.417 e. The molecule has 0 radical (unpaired) electrons. The molecule has 2 aromatic carbocycles. The number of rotatable bonds is 1. The molecule has 1 amide bonds. The van der Waals surface area contributed by atoms with Gasteiger partial charge < -0.3 is 15.1 Å². The summed E-state index contributed by atoms with van der Waals surface area (Å²) in [7, 11) is 0. The van der Waals surface area contributed by atoms with Gasteiger partial charge in [0.05, 0.1) is 30.9 Å². The number of amides is 1. The minimum Gasteiger partial charge on any atom is -0.388 e. The summed E-state index contributed by atoms with van der Waals surface area (Å²) < 4.78 is 40.4. The molecule has 1 aliphatic heterocycles. The number of carbonyl (C=O) groups is 1. The van der Waals surface area contributed by atoms with Gasteiger partial charge in [0.1, 0.15) is 0 Å². The molecule has 2 aromatic rings. The second kappa shape index (κ2) is 7.43. The fraction of sp³-hybridized carbons (Fsp3) is 0.250. The maximum Gasteiger partial charge on any atom is 0.417 e. The number of halogens is 3. The number of aliphatic hydroxyl groups is 2. The van der Waals surface area contributed by atoms with Crippen LogP contribution in [0.3, 0.4) is 0 Å². The van der Waals surface area contributed by atoms with Gasteiger partial charge in [-0.1, -0.05) is 42.3 Å². The lowest BCUT2D eigenvalue weighted by Gasteiger charge is -2.13. The highest BCUT2D eigenvalue weighted by molar-refractivity contribution is 5.94. The number of hydrogen-bond acceptors (Lipinski definition) is 3. The monoisotopic (exact) mass is 375 g/mol. The molecule has 1 aliphatic rings. The fourth-order valence-electron chi connectivity index (χ4n) is 2.87. The Morgan fingerprint density at radius 1 is 1.04 bits per heavy atom. The van der Waals surface area contributed by atoms with E-state index < -0.39 is 29.9 Å². The zero-order valence-electron chi connectivity index (χ0n) is 14.1. The molecule has 3 rings (SSSR count). The van der Waals surface area contributed by atoms with Crippen LogP contribution < -0.4 is 0 Å². The van der Waals surface area contributed by atoms with Crippen molar-refractivity contribution in [1.29, 1.82) is 0 Å². The summed E-state index contributed by atoms with van der Waals surface area (Å²) in [6.45, 7) is -0.120. The van der Waals surface area contributed by atoms with Crippen molar-refractivity contribution in [1.82, 2.24) is 4.90 Å². The Labute approximate surface area is 153 Å². The van der Waals surface area contributed by atoms with Crippen molar-refractivity contribution in [3.63, 3.8) is 0 Å². The molecule has 0 saturated carbocycles. The van der Waals surface area contributed by atoms with Crippen LogP contribution in [0.2, 0.25) is 0 Å². The van der Waals surface area contributed by atoms with E-state index in [9.17, 15) is 28.2 Å². The SMILES string of the molecule is O=C(C#Cc1ccc(-c2ccccc2)c(C(F)(F)F)c1)N1C[C@@H](O)[C@H](O)C1. The number of likely N-dealkylation sites (tertiary alicyclic amines) is 1. The van der Waals surface area contributed by atoms with Crippen molar-refractivity contribution in [2.24, 2.45) is 0 Å². The first-order valence-electron chi connectivity index (χ1n) is 8.19. The molecular formula is C20H16F3NO3. The lowest BCUT2D eigenvalue weighted by Crippen LogP contribution is -2.28. The molecule has 1 fully saturated rings. The Hall–Kier alpha value is -2.82. The van der Waals surface area contributed by atoms with E-state index in [1.54, 1.807) is 30.3 Å². The number of hydrogen-bond donors (Lipinski definition) is 2. The average Bonchev–Trinajstić information content (AvgIpc) is 2.98. The van der Waals surface area contributed by atoms with Crippen molar-refractivity contribution in [3.05, 3.63) is 59.7 Å². The molecule has 1 saturated heterocycles. The Balaban J connectivity index is 1.89. The Morgan fingerprint density at radius 2 is 1.67 bits per heavy atom. The van der Waals surface area contributed by atoms with E-state index in [0.29, 0.717) is 5.56 Å². The highest BCUT2D eigenvalue weighted by Crippen LogP contribution is 2.37. The molecule has 4 nitrogen and oxygen atoms in total. The Kier molecular flexibility index (Phi) is 5.22. The molecule has 0 spiro atoms. The van der Waals surface area contributed by atoms with Gasteiger partial charge in [-0.3, -0.25) is 4.79 Å². The van der Waals surface area contributed by atoms with Crippen molar-refractivity contribution >= 4 is 5.91 Å². The number of benzene rings is 2. The molecule has 27 heavy (non-hydrogen) atoms. The number of carbonyl (C=O) groups excluding carboxylic acids is 1. The summed E-state index contributed by atoms with van der Waals surface area (Å²) in [4.78, 5) is 13.1. The van der Waals surface area contributed by atoms with E-state index in [0.717, 1.165) is 11.0 Å². The topological polar surface area (TPSA) is 60.8 Å². The second-order valence-corrected chi connectivity index (χ2v) is 6.22. The standard InChI is InChI=1S/C20H16F3NO3/c21-20(22,23)16-10-13(6-8-15(16)14-4-2-1-3-5-14)7-9-19(27)24-11-17(25)18(26)12-24/h1-6,8,10,17-18,25-26H,11-12H2/t17-,18-/m1/s1. The molecule has 2 N–H and O–H groups in total. The summed E-state index contributed by atoms with van der Waals surface area (Å²) in [5.74, 6) is 4.04. The van der Waals surface area contributed by atoms with E-state index in [1.807, 2.05) is 0 Å². The van der Waals surface area contributed by atoms with Gasteiger partial charge in [-0.2, -0.15) is 13.2 Å². The molecule has 0 unspecified atom stereocenters. The highest BCUT2D eigenvalue weighted by Gasteiger charge is 2.34. The first-order valence-corrected chi connectivity index (χ1v) is 8.19. The minimum atomic E-state index is -4.57. The van der Waals surface area contributed by atoms with Gasteiger partial charge in [-0.25, -0.2) is 0 Å². The molecule has 7 heteroatoms. The molecule has 2 atom stereocenters. The third-order valence-electron chi connectivity index (χ3n) is 4.27. The Bertz CT molecular complexity index is 890. The molecule has 0 aromatic heterocycles. The van der Waals surface area contributed by atoms with Crippen LogP contribution in [-0.4, -0.2) is 46.3 Å². The zero-order valence-corrected chi connectivity index (χ0v) is 14.1. The third-order valence-corrected chi connectivity index (χ3v) is 4.27. The van der Waals surface area contributed by atoms with Crippen LogP contribution in [0.25, 0.3) is 11.1 Å². The summed E-state index contributed by atoms with van der Waals surface area (Å²) >= 11 is 0. The number of nitrogens with zero attached hydrogens (tertiary/aromatic N) is 1. The van der Waals surface area contributed by atoms with Crippen molar-refractivity contribution in [2.75, 3.05) is 13.1 Å². The second-order valence-electron chi connectivity index (χ2n) is 6.22. The van der Waals surface area contributed by atoms with Gasteiger partial charge in [0, 0.05) is 11.5 Å². The number of aliphatic hydroxyl groups excluding tert-OH is 2. The highest BCUT2D eigenvalue weighted by atomic mass is 19.4. The van der Waals surface area contributed by atoms with E-state index in [1.165, 1.54) is 12.1 Å². The van der Waals surface area contributed by atoms with Crippen LogP contribution in [0, 0.1) is 11.8 Å². The molecular weight excluding hydrogens is 359 g/mol. The van der Waals surface area contributed by atoms with Crippen LogP contribution >= 0.6 is 0 Å². The van der Waals surface area contributed by atoms with Crippen molar-refractivity contribution in [3.8, 4) is 23.0 Å². The van der Waals surface area contributed by atoms with Crippen molar-refractivity contribution in [2.45, 2.75) is 18.4 Å². The average molecular weight is 375 g/mol. The predicted molar refractivity (Wildman–Crippen MR) is 92.4 cm³/mol. The number of β-amino-alcohol motifs (C(OH)–C–C–N with tert-alkyl or cyclic N) is 2. The van der Waals surface area contributed by atoms with Gasteiger partial charge in [0.15, 0.2) is 0 Å². The molecule has 0 bridgehead atoms. The summed E-state index contributed by atoms with van der Waals surface area (Å²) in [5, 5.41) is 18.9. The first kappa shape index (κ1) is 19.0. The van der Waals surface area contributed by atoms with Crippen LogP contribution in [0.5, 0.6) is 0 Å². The van der Waals surface area contributed by atoms with Gasteiger partial charge in [0.2, 0.25) is 0 Å². The van der Waals surface area contributed by atoms with Gasteiger partial charge in [-0.15, -0.1) is 0 Å². The van der Waals surface area contributed by atoms with Gasteiger partial charge in [0.25, 0.3) is 5.91 Å². The van der Waals surface area contributed by atoms with Crippen molar-refractivity contribution < 1.29 is 28.2 Å². The van der Waals surface area contributed by atoms with E-state index in [4.69, 9.17) is 0 Å². The summed E-state index contributed by atoms with van der Waals surface area (Å²) in [6.07, 6.45) is -6.66. The lowest BCUT2D eigenvalue weighted by molar-refractivity contribution is -0.137. The van der Waals surface area contributed by atoms with E-state index >= 15 is 0 Å². The van der Waals surface area contributed by atoms with Crippen LogP contribution in [0.1, 0.15) is 11.1 Å². The smallest absolute Gasteiger partial charge is 0.388 e. The maximum atomic E-state index is 13.5. The van der Waals surface area contributed by atoms with Crippen LogP contribution in [0.4, 0.5) is 13.2 Å². The normalized spacial score (nSPS) is 19.5. The van der Waals surface area contributed by atoms with Crippen LogP contribution in [0.15, 0.2) is 48.5 Å². The third kappa shape index (κ3) is 4.30. The Morgan fingerprint density at radius 3 is 2.26 bits per heavy atom. The lowest BCUT2D eigenvalue weighted by atomic mass is 9.97. The van der Waals surface area contributed by atoms with Gasteiger partial charge in [-0.05, 0) is 23.3 Å². The molecule has 0 aliphatic carbocycles. The quantitative estimate of drug-likeness (QED) is 0.752.